The lowest BCUT2D eigenvalue weighted by molar-refractivity contribution is -0.141. The van der Waals surface area contributed by atoms with Crippen molar-refractivity contribution in [3.8, 4) is 0 Å². The zero-order valence-electron chi connectivity index (χ0n) is 12.5. The van der Waals surface area contributed by atoms with E-state index in [1.807, 2.05) is 0 Å². The molecule has 2 unspecified atom stereocenters. The van der Waals surface area contributed by atoms with Gasteiger partial charge in [0.2, 0.25) is 5.91 Å². The largest absolute Gasteiger partial charge is 0.381 e. The number of carbonyl (C=O) groups is 1. The lowest BCUT2D eigenvalue weighted by Gasteiger charge is -2.44. The number of nitrogens with one attached hydrogen (secondary N) is 1. The van der Waals surface area contributed by atoms with Gasteiger partial charge in [-0.2, -0.15) is 0 Å². The van der Waals surface area contributed by atoms with Crippen LogP contribution in [0.2, 0.25) is 0 Å². The number of piperidine rings is 2. The molecule has 3 aliphatic heterocycles. The number of fused-ring (bicyclic) bond motifs is 1. The molecule has 0 radical (unpaired) electrons. The van der Waals surface area contributed by atoms with E-state index in [4.69, 9.17) is 4.74 Å². The van der Waals surface area contributed by atoms with Crippen LogP contribution in [0.1, 0.15) is 44.9 Å². The Kier molecular flexibility index (Phi) is 4.94. The third kappa shape index (κ3) is 3.34. The van der Waals surface area contributed by atoms with Crippen LogP contribution in [0.15, 0.2) is 0 Å². The van der Waals surface area contributed by atoms with Gasteiger partial charge in [0, 0.05) is 31.5 Å². The second-order valence-corrected chi connectivity index (χ2v) is 6.65. The van der Waals surface area contributed by atoms with Gasteiger partial charge in [0.15, 0.2) is 0 Å². The SMILES string of the molecule is O=C(CCC1CCNCC1)N1CCCC2COCCC21. The van der Waals surface area contributed by atoms with Gasteiger partial charge in [0.25, 0.3) is 0 Å². The quantitative estimate of drug-likeness (QED) is 0.857. The first-order valence-electron chi connectivity index (χ1n) is 8.42. The minimum Gasteiger partial charge on any atom is -0.381 e. The average Bonchev–Trinajstić information content (AvgIpc) is 2.53. The van der Waals surface area contributed by atoms with Crippen LogP contribution in [0.25, 0.3) is 0 Å². The highest BCUT2D eigenvalue weighted by atomic mass is 16.5. The van der Waals surface area contributed by atoms with Crippen molar-refractivity contribution in [2.24, 2.45) is 11.8 Å². The van der Waals surface area contributed by atoms with Crippen LogP contribution in [0.4, 0.5) is 0 Å². The number of rotatable bonds is 3. The van der Waals surface area contributed by atoms with Crippen molar-refractivity contribution in [1.82, 2.24) is 10.2 Å². The van der Waals surface area contributed by atoms with E-state index in [1.54, 1.807) is 0 Å². The number of hydrogen-bond acceptors (Lipinski definition) is 3. The molecule has 0 aliphatic carbocycles. The smallest absolute Gasteiger partial charge is 0.222 e. The molecular weight excluding hydrogens is 252 g/mol. The maximum atomic E-state index is 12.6. The topological polar surface area (TPSA) is 41.6 Å². The van der Waals surface area contributed by atoms with Crippen molar-refractivity contribution in [2.75, 3.05) is 32.8 Å². The highest BCUT2D eigenvalue weighted by molar-refractivity contribution is 5.76. The van der Waals surface area contributed by atoms with Crippen molar-refractivity contribution in [2.45, 2.75) is 51.0 Å². The summed E-state index contributed by atoms with van der Waals surface area (Å²) in [6.45, 7) is 4.93. The molecule has 3 rings (SSSR count). The van der Waals surface area contributed by atoms with Crippen molar-refractivity contribution >= 4 is 5.91 Å². The monoisotopic (exact) mass is 280 g/mol. The highest BCUT2D eigenvalue weighted by Gasteiger charge is 2.36. The third-order valence-corrected chi connectivity index (χ3v) is 5.35. The molecule has 0 aromatic carbocycles. The van der Waals surface area contributed by atoms with Crippen LogP contribution in [-0.4, -0.2) is 49.7 Å². The summed E-state index contributed by atoms with van der Waals surface area (Å²) in [6, 6.07) is 0.470. The van der Waals surface area contributed by atoms with E-state index < -0.39 is 0 Å². The van der Waals surface area contributed by atoms with E-state index in [0.717, 1.165) is 64.4 Å². The lowest BCUT2D eigenvalue weighted by atomic mass is 9.85. The van der Waals surface area contributed by atoms with Crippen molar-refractivity contribution < 1.29 is 9.53 Å². The Labute approximate surface area is 122 Å². The Morgan fingerprint density at radius 2 is 2.05 bits per heavy atom. The second-order valence-electron chi connectivity index (χ2n) is 6.65. The first-order valence-corrected chi connectivity index (χ1v) is 8.42. The zero-order valence-corrected chi connectivity index (χ0v) is 12.5. The number of nitrogens with zero attached hydrogens (tertiary/aromatic N) is 1. The Balaban J connectivity index is 1.50. The molecule has 1 N–H and O–H groups in total. The summed E-state index contributed by atoms with van der Waals surface area (Å²) < 4.78 is 5.58. The van der Waals surface area contributed by atoms with E-state index in [-0.39, 0.29) is 0 Å². The predicted molar refractivity (Wildman–Crippen MR) is 78.5 cm³/mol. The van der Waals surface area contributed by atoms with Crippen LogP contribution >= 0.6 is 0 Å². The van der Waals surface area contributed by atoms with Gasteiger partial charge >= 0.3 is 0 Å². The molecule has 1 amide bonds. The fourth-order valence-electron chi connectivity index (χ4n) is 4.11. The number of likely N-dealkylation sites (tertiary alicyclic amines) is 1. The summed E-state index contributed by atoms with van der Waals surface area (Å²) in [7, 11) is 0. The molecule has 3 heterocycles. The fraction of sp³-hybridized carbons (Fsp3) is 0.938. The van der Waals surface area contributed by atoms with Crippen LogP contribution in [-0.2, 0) is 9.53 Å². The van der Waals surface area contributed by atoms with Crippen molar-refractivity contribution in [3.63, 3.8) is 0 Å². The number of ether oxygens (including phenoxy) is 1. The molecule has 3 saturated heterocycles. The van der Waals surface area contributed by atoms with Gasteiger partial charge < -0.3 is 15.0 Å². The fourth-order valence-corrected chi connectivity index (χ4v) is 4.11. The van der Waals surface area contributed by atoms with Gasteiger partial charge in [-0.15, -0.1) is 0 Å². The van der Waals surface area contributed by atoms with E-state index in [1.165, 1.54) is 19.3 Å². The molecule has 0 saturated carbocycles. The minimum absolute atomic E-state index is 0.403. The molecule has 0 bridgehead atoms. The van der Waals surface area contributed by atoms with Crippen LogP contribution < -0.4 is 5.32 Å². The summed E-state index contributed by atoms with van der Waals surface area (Å²) in [5, 5.41) is 3.39. The van der Waals surface area contributed by atoms with Crippen molar-refractivity contribution in [3.05, 3.63) is 0 Å². The zero-order chi connectivity index (χ0) is 13.8. The minimum atomic E-state index is 0.403. The molecular formula is C16H28N2O2. The molecule has 4 nitrogen and oxygen atoms in total. The molecule has 3 aliphatic rings. The molecule has 20 heavy (non-hydrogen) atoms. The molecule has 114 valence electrons. The van der Waals surface area contributed by atoms with Crippen LogP contribution in [0.5, 0.6) is 0 Å². The Bertz CT molecular complexity index is 326. The van der Waals surface area contributed by atoms with Gasteiger partial charge in [0.05, 0.1) is 6.61 Å². The summed E-state index contributed by atoms with van der Waals surface area (Å²) in [5.41, 5.74) is 0. The van der Waals surface area contributed by atoms with E-state index in [0.29, 0.717) is 17.9 Å². The molecule has 0 spiro atoms. The number of amides is 1. The summed E-state index contributed by atoms with van der Waals surface area (Å²) in [4.78, 5) is 14.8. The number of carbonyl (C=O) groups excluding carboxylic acids is 1. The van der Waals surface area contributed by atoms with Crippen molar-refractivity contribution in [1.29, 1.82) is 0 Å². The average molecular weight is 280 g/mol. The third-order valence-electron chi connectivity index (χ3n) is 5.35. The summed E-state index contributed by atoms with van der Waals surface area (Å²) >= 11 is 0. The molecule has 3 fully saturated rings. The van der Waals surface area contributed by atoms with Gasteiger partial charge in [-0.25, -0.2) is 0 Å². The van der Waals surface area contributed by atoms with Gasteiger partial charge in [-0.1, -0.05) is 0 Å². The standard InChI is InChI=1S/C16H28N2O2/c19-16(4-3-13-5-8-17-9-6-13)18-10-1-2-14-12-20-11-7-15(14)18/h13-15,17H,1-12H2. The maximum absolute atomic E-state index is 12.6. The van der Waals surface area contributed by atoms with Gasteiger partial charge in [-0.3, -0.25) is 4.79 Å². The summed E-state index contributed by atoms with van der Waals surface area (Å²) in [6.07, 6.45) is 7.77. The molecule has 0 aromatic rings. The molecule has 4 heteroatoms. The lowest BCUT2D eigenvalue weighted by Crippen LogP contribution is -2.52. The van der Waals surface area contributed by atoms with E-state index in [2.05, 4.69) is 10.2 Å². The first-order chi connectivity index (χ1) is 9.84. The van der Waals surface area contributed by atoms with Crippen LogP contribution in [0.3, 0.4) is 0 Å². The van der Waals surface area contributed by atoms with E-state index in [9.17, 15) is 4.79 Å². The van der Waals surface area contributed by atoms with Gasteiger partial charge in [-0.05, 0) is 57.5 Å². The Morgan fingerprint density at radius 1 is 1.20 bits per heavy atom. The normalized spacial score (nSPS) is 31.9. The Hall–Kier alpha value is -0.610. The van der Waals surface area contributed by atoms with Crippen LogP contribution in [0, 0.1) is 11.8 Å². The first kappa shape index (κ1) is 14.3. The molecule has 0 aromatic heterocycles. The second kappa shape index (κ2) is 6.90. The Morgan fingerprint density at radius 3 is 2.90 bits per heavy atom. The highest BCUT2D eigenvalue weighted by Crippen LogP contribution is 2.30. The molecule has 2 atom stereocenters. The van der Waals surface area contributed by atoms with Gasteiger partial charge in [0.1, 0.15) is 0 Å². The van der Waals surface area contributed by atoms with E-state index >= 15 is 0 Å². The number of hydrogen-bond donors (Lipinski definition) is 1. The predicted octanol–water partition coefficient (Wildman–Crippen LogP) is 1.79. The summed E-state index contributed by atoms with van der Waals surface area (Å²) in [5.74, 6) is 1.76. The maximum Gasteiger partial charge on any atom is 0.222 e.